The fourth-order valence-corrected chi connectivity index (χ4v) is 2.35. The summed E-state index contributed by atoms with van der Waals surface area (Å²) < 4.78 is 10.0. The molecule has 0 bridgehead atoms. The van der Waals surface area contributed by atoms with E-state index < -0.39 is 11.9 Å². The van der Waals surface area contributed by atoms with Crippen molar-refractivity contribution in [2.24, 2.45) is 0 Å². The maximum atomic E-state index is 12.2. The van der Waals surface area contributed by atoms with Crippen LogP contribution in [0.2, 0.25) is 0 Å². The highest BCUT2D eigenvalue weighted by Crippen LogP contribution is 2.21. The van der Waals surface area contributed by atoms with Crippen LogP contribution in [0.1, 0.15) is 44.6 Å². The van der Waals surface area contributed by atoms with E-state index in [1.165, 1.54) is 7.11 Å². The van der Waals surface area contributed by atoms with Crippen LogP contribution in [0, 0.1) is 6.92 Å². The first-order valence-corrected chi connectivity index (χ1v) is 7.09. The third-order valence-electron chi connectivity index (χ3n) is 3.54. The van der Waals surface area contributed by atoms with Gasteiger partial charge in [-0.05, 0) is 30.0 Å². The van der Waals surface area contributed by atoms with Crippen LogP contribution >= 0.6 is 0 Å². The Bertz CT molecular complexity index is 673. The Labute approximate surface area is 129 Å². The van der Waals surface area contributed by atoms with Crippen LogP contribution < -0.4 is 0 Å². The Morgan fingerprint density at radius 2 is 1.77 bits per heavy atom. The molecule has 5 heteroatoms. The Kier molecular flexibility index (Phi) is 4.99. The number of rotatable bonds is 5. The van der Waals surface area contributed by atoms with E-state index in [2.05, 4.69) is 4.98 Å². The van der Waals surface area contributed by atoms with E-state index in [9.17, 15) is 9.59 Å². The summed E-state index contributed by atoms with van der Waals surface area (Å²) in [6, 6.07) is 9.43. The summed E-state index contributed by atoms with van der Waals surface area (Å²) in [4.78, 5) is 26.8. The molecule has 0 atom stereocenters. The highest BCUT2D eigenvalue weighted by atomic mass is 16.5. The summed E-state index contributed by atoms with van der Waals surface area (Å²) in [5.41, 5.74) is 3.02. The molecular formula is C17H19NO4. The van der Waals surface area contributed by atoms with Crippen molar-refractivity contribution in [1.82, 2.24) is 4.98 Å². The number of hydrogen-bond acceptors (Lipinski definition) is 4. The van der Waals surface area contributed by atoms with E-state index in [1.54, 1.807) is 6.92 Å². The van der Waals surface area contributed by atoms with E-state index in [1.807, 2.05) is 37.3 Å². The van der Waals surface area contributed by atoms with Crippen LogP contribution in [0.15, 0.2) is 30.3 Å². The van der Waals surface area contributed by atoms with E-state index in [0.717, 1.165) is 16.7 Å². The monoisotopic (exact) mass is 301 g/mol. The minimum atomic E-state index is -0.484. The summed E-state index contributed by atoms with van der Waals surface area (Å²) in [7, 11) is 1.31. The zero-order chi connectivity index (χ0) is 16.1. The summed E-state index contributed by atoms with van der Waals surface area (Å²) in [6.45, 7) is 3.90. The predicted molar refractivity (Wildman–Crippen MR) is 81.8 cm³/mol. The van der Waals surface area contributed by atoms with Gasteiger partial charge in [-0.25, -0.2) is 9.59 Å². The van der Waals surface area contributed by atoms with E-state index in [-0.39, 0.29) is 6.61 Å². The molecule has 1 aromatic carbocycles. The molecule has 116 valence electrons. The molecule has 0 unspecified atom stereocenters. The zero-order valence-electron chi connectivity index (χ0n) is 12.9. The molecule has 2 aromatic rings. The van der Waals surface area contributed by atoms with E-state index >= 15 is 0 Å². The average Bonchev–Trinajstić information content (AvgIpc) is 2.89. The van der Waals surface area contributed by atoms with Gasteiger partial charge in [-0.2, -0.15) is 0 Å². The summed E-state index contributed by atoms with van der Waals surface area (Å²) in [6.07, 6.45) is 0.624. The molecule has 0 aliphatic rings. The number of aromatic amines is 1. The first-order chi connectivity index (χ1) is 10.6. The van der Waals surface area contributed by atoms with Crippen molar-refractivity contribution in [3.63, 3.8) is 0 Å². The molecule has 1 N–H and O–H groups in total. The van der Waals surface area contributed by atoms with Crippen molar-refractivity contribution < 1.29 is 19.1 Å². The molecule has 0 radical (unpaired) electrons. The molecule has 0 fully saturated rings. The first kappa shape index (κ1) is 15.8. The molecule has 0 aliphatic carbocycles. The molecular weight excluding hydrogens is 282 g/mol. The zero-order valence-corrected chi connectivity index (χ0v) is 12.9. The fourth-order valence-electron chi connectivity index (χ4n) is 2.35. The molecule has 0 aliphatic heterocycles. The van der Waals surface area contributed by atoms with Gasteiger partial charge in [-0.1, -0.05) is 37.3 Å². The van der Waals surface area contributed by atoms with Gasteiger partial charge >= 0.3 is 11.9 Å². The Morgan fingerprint density at radius 1 is 1.09 bits per heavy atom. The van der Waals surface area contributed by atoms with E-state index in [0.29, 0.717) is 17.8 Å². The van der Waals surface area contributed by atoms with Crippen LogP contribution in [-0.2, 0) is 22.5 Å². The highest BCUT2D eigenvalue weighted by Gasteiger charge is 2.23. The number of esters is 2. The molecule has 0 saturated carbocycles. The second-order valence-corrected chi connectivity index (χ2v) is 4.89. The lowest BCUT2D eigenvalue weighted by Gasteiger charge is -2.04. The third-order valence-corrected chi connectivity index (χ3v) is 3.54. The second kappa shape index (κ2) is 6.93. The molecule has 1 heterocycles. The quantitative estimate of drug-likeness (QED) is 0.862. The molecule has 0 amide bonds. The Balaban J connectivity index is 2.19. The van der Waals surface area contributed by atoms with Gasteiger partial charge in [-0.15, -0.1) is 0 Å². The van der Waals surface area contributed by atoms with Gasteiger partial charge in [0.25, 0.3) is 0 Å². The van der Waals surface area contributed by atoms with Crippen molar-refractivity contribution in [3.8, 4) is 0 Å². The third kappa shape index (κ3) is 3.19. The maximum Gasteiger partial charge on any atom is 0.355 e. The van der Waals surface area contributed by atoms with Crippen LogP contribution in [0.3, 0.4) is 0 Å². The van der Waals surface area contributed by atoms with Gasteiger partial charge in [-0.3, -0.25) is 0 Å². The normalized spacial score (nSPS) is 10.3. The SMILES string of the molecule is CCc1c(C(=O)OC)[nH]c(C(=O)OCc2ccccc2)c1C. The number of nitrogens with one attached hydrogen (secondary N) is 1. The second-order valence-electron chi connectivity index (χ2n) is 4.89. The van der Waals surface area contributed by atoms with Gasteiger partial charge < -0.3 is 14.5 Å². The number of H-pyrrole nitrogens is 1. The lowest BCUT2D eigenvalue weighted by atomic mass is 10.1. The molecule has 0 spiro atoms. The molecule has 0 saturated heterocycles. The first-order valence-electron chi connectivity index (χ1n) is 7.09. The van der Waals surface area contributed by atoms with Crippen molar-refractivity contribution >= 4 is 11.9 Å². The van der Waals surface area contributed by atoms with Gasteiger partial charge in [0, 0.05) is 0 Å². The molecule has 22 heavy (non-hydrogen) atoms. The lowest BCUT2D eigenvalue weighted by Crippen LogP contribution is -2.08. The van der Waals surface area contributed by atoms with Crippen LogP contribution in [-0.4, -0.2) is 24.0 Å². The molecule has 1 aromatic heterocycles. The number of carbonyl (C=O) groups excluding carboxylic acids is 2. The standard InChI is InChI=1S/C17H19NO4/c1-4-13-11(2)14(18-15(13)16(19)21-3)17(20)22-10-12-8-6-5-7-9-12/h5-9,18H,4,10H2,1-3H3. The minimum Gasteiger partial charge on any atom is -0.464 e. The highest BCUT2D eigenvalue weighted by molar-refractivity contribution is 5.95. The maximum absolute atomic E-state index is 12.2. The van der Waals surface area contributed by atoms with Crippen molar-refractivity contribution in [2.45, 2.75) is 26.9 Å². The lowest BCUT2D eigenvalue weighted by molar-refractivity contribution is 0.0465. The molecule has 2 rings (SSSR count). The van der Waals surface area contributed by atoms with E-state index in [4.69, 9.17) is 9.47 Å². The topological polar surface area (TPSA) is 68.4 Å². The van der Waals surface area contributed by atoms with Crippen molar-refractivity contribution in [1.29, 1.82) is 0 Å². The predicted octanol–water partition coefficient (Wildman–Crippen LogP) is 3.03. The van der Waals surface area contributed by atoms with Gasteiger partial charge in [0.05, 0.1) is 7.11 Å². The average molecular weight is 301 g/mol. The number of aromatic nitrogens is 1. The number of benzene rings is 1. The summed E-state index contributed by atoms with van der Waals surface area (Å²) >= 11 is 0. The number of methoxy groups -OCH3 is 1. The smallest absolute Gasteiger partial charge is 0.355 e. The van der Waals surface area contributed by atoms with Gasteiger partial charge in [0.15, 0.2) is 0 Å². The van der Waals surface area contributed by atoms with Gasteiger partial charge in [0.2, 0.25) is 0 Å². The number of ether oxygens (including phenoxy) is 2. The fraction of sp³-hybridized carbons (Fsp3) is 0.294. The Morgan fingerprint density at radius 3 is 2.36 bits per heavy atom. The number of carbonyl (C=O) groups is 2. The molecule has 5 nitrogen and oxygen atoms in total. The summed E-state index contributed by atoms with van der Waals surface area (Å²) in [5.74, 6) is -0.965. The van der Waals surface area contributed by atoms with Crippen LogP contribution in [0.25, 0.3) is 0 Å². The number of hydrogen-bond donors (Lipinski definition) is 1. The van der Waals surface area contributed by atoms with Crippen LogP contribution in [0.4, 0.5) is 0 Å². The van der Waals surface area contributed by atoms with Crippen LogP contribution in [0.5, 0.6) is 0 Å². The largest absolute Gasteiger partial charge is 0.464 e. The van der Waals surface area contributed by atoms with Gasteiger partial charge in [0.1, 0.15) is 18.0 Å². The minimum absolute atomic E-state index is 0.188. The summed E-state index contributed by atoms with van der Waals surface area (Å²) in [5, 5.41) is 0. The van der Waals surface area contributed by atoms with Crippen molar-refractivity contribution in [3.05, 3.63) is 58.4 Å². The van der Waals surface area contributed by atoms with Crippen molar-refractivity contribution in [2.75, 3.05) is 7.11 Å². The Hall–Kier alpha value is -2.56.